The van der Waals surface area contributed by atoms with Crippen LogP contribution in [0.4, 0.5) is 4.79 Å². The van der Waals surface area contributed by atoms with Crippen molar-refractivity contribution in [2.45, 2.75) is 253 Å². The molecule has 1 N–H and O–H groups in total. The lowest BCUT2D eigenvalue weighted by atomic mass is 9.47. The predicted molar refractivity (Wildman–Crippen MR) is 282 cm³/mol. The van der Waals surface area contributed by atoms with Crippen molar-refractivity contribution in [3.63, 3.8) is 0 Å². The fraction of sp³-hybridized carbons (Fsp3) is 0.900. The van der Waals surface area contributed by atoms with Gasteiger partial charge in [-0.2, -0.15) is 0 Å². The van der Waals surface area contributed by atoms with Crippen molar-refractivity contribution in [2.24, 2.45) is 46.3 Å². The molecule has 0 aromatic rings. The summed E-state index contributed by atoms with van der Waals surface area (Å²) >= 11 is 0. The molecule has 0 radical (unpaired) electrons. The smallest absolute Gasteiger partial charge is 0.408 e. The molecule has 5 unspecified atom stereocenters. The Morgan fingerprint density at radius 3 is 2.19 bits per heavy atom. The predicted octanol–water partition coefficient (Wildman–Crippen LogP) is 15.4. The van der Waals surface area contributed by atoms with E-state index in [0.29, 0.717) is 12.0 Å². The van der Waals surface area contributed by atoms with E-state index in [1.54, 1.807) is 13.8 Å². The second-order valence-corrected chi connectivity index (χ2v) is 24.3. The molecule has 0 aromatic heterocycles. The van der Waals surface area contributed by atoms with Crippen LogP contribution >= 0.6 is 0 Å². The fourth-order valence-electron chi connectivity index (χ4n) is 14.0. The zero-order valence-electron chi connectivity index (χ0n) is 45.5. The molecule has 5 rings (SSSR count). The third-order valence-electron chi connectivity index (χ3n) is 18.1. The molecule has 4 fully saturated rings. The van der Waals surface area contributed by atoms with Gasteiger partial charge in [-0.1, -0.05) is 149 Å². The average molecular weight is 952 g/mol. The van der Waals surface area contributed by atoms with Gasteiger partial charge in [-0.05, 0) is 163 Å². The molecule has 8 heteroatoms. The molecule has 1 heterocycles. The number of nitrogens with one attached hydrogen (secondary N) is 1. The topological polar surface area (TPSA) is 86.3 Å². The van der Waals surface area contributed by atoms with E-state index < -0.39 is 17.6 Å². The second kappa shape index (κ2) is 29.6. The van der Waals surface area contributed by atoms with Crippen LogP contribution in [0.25, 0.3) is 0 Å². The summed E-state index contributed by atoms with van der Waals surface area (Å²) in [5.41, 5.74) is 0.949. The number of esters is 1. The van der Waals surface area contributed by atoms with Crippen molar-refractivity contribution in [3.8, 4) is 0 Å². The zero-order valence-corrected chi connectivity index (χ0v) is 45.5. The SMILES string of the molecule is CCCCCCCCC=CCCCCCCCCOCC(CN1CCCCC1)OCCOC(=O)C(C)(C)NC(=O)O[C@H]1CCC2(C)C(=CCC3C4CC[C@@H]([C@H](C)CCCC(C)C)C4(C)CC[C@H]32)C1. The number of hydrogen-bond acceptors (Lipinski definition) is 7. The fourth-order valence-corrected chi connectivity index (χ4v) is 14.0. The first kappa shape index (κ1) is 57.0. The number of ether oxygens (including phenoxy) is 4. The van der Waals surface area contributed by atoms with Gasteiger partial charge in [0, 0.05) is 19.6 Å². The van der Waals surface area contributed by atoms with Crippen molar-refractivity contribution in [3.05, 3.63) is 23.8 Å². The van der Waals surface area contributed by atoms with Gasteiger partial charge < -0.3 is 29.2 Å². The molecule has 68 heavy (non-hydrogen) atoms. The van der Waals surface area contributed by atoms with Gasteiger partial charge in [-0.25, -0.2) is 9.59 Å². The first-order chi connectivity index (χ1) is 32.8. The van der Waals surface area contributed by atoms with E-state index in [2.05, 4.69) is 70.0 Å². The Bertz CT molecular complexity index is 1500. The second-order valence-electron chi connectivity index (χ2n) is 24.3. The first-order valence-corrected chi connectivity index (χ1v) is 29.2. The number of hydrogen-bond donors (Lipinski definition) is 1. The number of rotatable bonds is 32. The number of nitrogens with zero attached hydrogens (tertiary/aromatic N) is 1. The lowest BCUT2D eigenvalue weighted by molar-refractivity contribution is -0.153. The first-order valence-electron chi connectivity index (χ1n) is 29.2. The zero-order chi connectivity index (χ0) is 48.8. The molecular formula is C60H106N2O6. The molecule has 4 aliphatic carbocycles. The molecule has 0 aromatic carbocycles. The Morgan fingerprint density at radius 2 is 1.49 bits per heavy atom. The number of likely N-dealkylation sites (tertiary alicyclic amines) is 1. The van der Waals surface area contributed by atoms with Crippen LogP contribution in [0.1, 0.15) is 235 Å². The lowest BCUT2D eigenvalue weighted by Gasteiger charge is -2.58. The van der Waals surface area contributed by atoms with Gasteiger partial charge in [-0.3, -0.25) is 0 Å². The van der Waals surface area contributed by atoms with Crippen molar-refractivity contribution < 1.29 is 28.5 Å². The minimum Gasteiger partial charge on any atom is -0.462 e. The van der Waals surface area contributed by atoms with Crippen molar-refractivity contribution in [1.29, 1.82) is 0 Å². The maximum atomic E-state index is 13.3. The van der Waals surface area contributed by atoms with Crippen LogP contribution in [0.15, 0.2) is 23.8 Å². The molecule has 0 bridgehead atoms. The van der Waals surface area contributed by atoms with Gasteiger partial charge in [0.2, 0.25) is 0 Å². The number of carbonyl (C=O) groups excluding carboxylic acids is 2. The number of piperidine rings is 1. The van der Waals surface area contributed by atoms with Gasteiger partial charge in [0.05, 0.1) is 19.3 Å². The summed E-state index contributed by atoms with van der Waals surface area (Å²) < 4.78 is 24.2. The lowest BCUT2D eigenvalue weighted by Crippen LogP contribution is -2.53. The standard InChI is InChI=1S/C60H106N2O6/c1-9-10-11-12-13-14-15-16-17-18-19-20-21-22-23-27-41-65-46-51(45-62-39-25-24-26-40-62)66-42-43-67-56(63)58(5,6)61-57(64)68-50-35-37-59(7)49(44-50)31-32-52-54-34-33-53(48(4)30-28-29-47(2)3)60(54,8)38-36-55(52)59/h16-17,31,47-48,50-55H,9-15,18-30,32-46H2,1-8H3,(H,61,64)/t48-,50+,51?,52?,53+,54?,55-,59?,60?/m1/s1. The molecule has 5 aliphatic rings. The van der Waals surface area contributed by atoms with Crippen LogP contribution < -0.4 is 5.32 Å². The van der Waals surface area contributed by atoms with E-state index in [9.17, 15) is 9.59 Å². The Balaban J connectivity index is 0.959. The normalized spacial score (nSPS) is 28.4. The van der Waals surface area contributed by atoms with E-state index in [1.165, 1.54) is 160 Å². The third-order valence-corrected chi connectivity index (χ3v) is 18.1. The van der Waals surface area contributed by atoms with E-state index in [4.69, 9.17) is 18.9 Å². The minimum atomic E-state index is -1.22. The third kappa shape index (κ3) is 17.7. The van der Waals surface area contributed by atoms with Crippen LogP contribution in [-0.4, -0.2) is 80.8 Å². The Morgan fingerprint density at radius 1 is 0.794 bits per heavy atom. The van der Waals surface area contributed by atoms with Gasteiger partial charge in [0.25, 0.3) is 0 Å². The highest BCUT2D eigenvalue weighted by Crippen LogP contribution is 2.67. The van der Waals surface area contributed by atoms with Crippen LogP contribution in [0.3, 0.4) is 0 Å². The number of fused-ring (bicyclic) bond motifs is 5. The van der Waals surface area contributed by atoms with E-state index in [-0.39, 0.29) is 30.8 Å². The maximum Gasteiger partial charge on any atom is 0.408 e. The van der Waals surface area contributed by atoms with Gasteiger partial charge in [0.1, 0.15) is 18.2 Å². The Labute approximate surface area is 418 Å². The number of carbonyl (C=O) groups is 2. The molecule has 3 saturated carbocycles. The molecule has 0 spiro atoms. The molecule has 8 nitrogen and oxygen atoms in total. The van der Waals surface area contributed by atoms with E-state index in [1.807, 2.05) is 0 Å². The maximum absolute atomic E-state index is 13.3. The Kier molecular flexibility index (Phi) is 24.8. The molecule has 1 saturated heterocycles. The molecule has 392 valence electrons. The number of amides is 1. The van der Waals surface area contributed by atoms with Gasteiger partial charge in [0.15, 0.2) is 0 Å². The minimum absolute atomic E-state index is 0.0731. The highest BCUT2D eigenvalue weighted by Gasteiger charge is 2.59. The Hall–Kier alpha value is -1.90. The van der Waals surface area contributed by atoms with Gasteiger partial charge >= 0.3 is 12.1 Å². The van der Waals surface area contributed by atoms with Crippen LogP contribution in [0, 0.1) is 46.3 Å². The quantitative estimate of drug-likeness (QED) is 0.0408. The molecule has 1 amide bonds. The summed E-state index contributed by atoms with van der Waals surface area (Å²) in [6, 6.07) is 0. The van der Waals surface area contributed by atoms with Crippen LogP contribution in [-0.2, 0) is 23.7 Å². The monoisotopic (exact) mass is 951 g/mol. The van der Waals surface area contributed by atoms with Crippen LogP contribution in [0.5, 0.6) is 0 Å². The van der Waals surface area contributed by atoms with Crippen molar-refractivity contribution >= 4 is 12.1 Å². The largest absolute Gasteiger partial charge is 0.462 e. The average Bonchev–Trinajstić information content (AvgIpc) is 3.67. The van der Waals surface area contributed by atoms with E-state index in [0.717, 1.165) is 87.4 Å². The molecular weight excluding hydrogens is 845 g/mol. The highest BCUT2D eigenvalue weighted by molar-refractivity contribution is 5.84. The van der Waals surface area contributed by atoms with E-state index >= 15 is 0 Å². The molecule has 1 aliphatic heterocycles. The van der Waals surface area contributed by atoms with Crippen LogP contribution in [0.2, 0.25) is 0 Å². The van der Waals surface area contributed by atoms with Crippen molar-refractivity contribution in [1.82, 2.24) is 10.2 Å². The molecule has 9 atom stereocenters. The summed E-state index contributed by atoms with van der Waals surface area (Å²) in [6.07, 6.45) is 42.0. The summed E-state index contributed by atoms with van der Waals surface area (Å²) in [7, 11) is 0. The van der Waals surface area contributed by atoms with Gasteiger partial charge in [-0.15, -0.1) is 0 Å². The summed E-state index contributed by atoms with van der Waals surface area (Å²) in [4.78, 5) is 29.1. The summed E-state index contributed by atoms with van der Waals surface area (Å²) in [5, 5.41) is 2.84. The number of allylic oxidation sites excluding steroid dienone is 3. The number of unbranched alkanes of at least 4 members (excludes halogenated alkanes) is 12. The van der Waals surface area contributed by atoms with Crippen molar-refractivity contribution in [2.75, 3.05) is 46.1 Å². The summed E-state index contributed by atoms with van der Waals surface area (Å²) in [6.45, 7) is 22.9. The highest BCUT2D eigenvalue weighted by atomic mass is 16.6. The summed E-state index contributed by atoms with van der Waals surface area (Å²) in [5.74, 6) is 4.34. The number of alkyl carbamates (subject to hydrolysis) is 1.